The molecule has 0 atom stereocenters. The average molecular weight is 396 g/mol. The number of aryl methyl sites for hydroxylation is 1. The fourth-order valence-corrected chi connectivity index (χ4v) is 4.11. The lowest BCUT2D eigenvalue weighted by atomic mass is 10.1. The van der Waals surface area contributed by atoms with Gasteiger partial charge in [-0.05, 0) is 36.8 Å². The molecule has 2 aromatic carbocycles. The molecule has 0 unspecified atom stereocenters. The number of fused-ring (bicyclic) bond motifs is 1. The Bertz CT molecular complexity index is 1150. The molecule has 0 radical (unpaired) electrons. The summed E-state index contributed by atoms with van der Waals surface area (Å²) in [5.74, 6) is 1.76. The van der Waals surface area contributed by atoms with Gasteiger partial charge in [0.05, 0.1) is 5.52 Å². The second-order valence-electron chi connectivity index (χ2n) is 7.88. The lowest BCUT2D eigenvalue weighted by molar-refractivity contribution is 0.249. The Balaban J connectivity index is 1.40. The first-order chi connectivity index (χ1) is 14.8. The summed E-state index contributed by atoms with van der Waals surface area (Å²) in [6, 6.07) is 21.0. The lowest BCUT2D eigenvalue weighted by Gasteiger charge is -2.36. The van der Waals surface area contributed by atoms with Gasteiger partial charge in [-0.3, -0.25) is 9.88 Å². The van der Waals surface area contributed by atoms with Crippen LogP contribution >= 0.6 is 0 Å². The molecule has 0 saturated carbocycles. The maximum Gasteiger partial charge on any atom is 0.163 e. The zero-order chi connectivity index (χ0) is 20.3. The Labute approximate surface area is 177 Å². The fraction of sp³-hybridized carbons (Fsp3) is 0.240. The van der Waals surface area contributed by atoms with Gasteiger partial charge in [-0.2, -0.15) is 0 Å². The summed E-state index contributed by atoms with van der Waals surface area (Å²) in [7, 11) is 0. The van der Waals surface area contributed by atoms with Crippen LogP contribution in [0.5, 0.6) is 0 Å². The quantitative estimate of drug-likeness (QED) is 0.515. The number of aromatic nitrogens is 3. The standard InChI is InChI=1S/C25H25N5/c1-19-6-4-7-20(16-19)18-29-12-14-30(15-13-29)25-22-9-2-3-10-23(22)27-24(28-25)21-8-5-11-26-17-21/h2-11,16-17H,12-15,18H2,1H3. The highest BCUT2D eigenvalue weighted by Gasteiger charge is 2.21. The molecule has 4 aromatic rings. The Morgan fingerprint density at radius 3 is 2.53 bits per heavy atom. The van der Waals surface area contributed by atoms with Gasteiger partial charge in [-0.1, -0.05) is 42.0 Å². The first kappa shape index (κ1) is 18.7. The average Bonchev–Trinajstić information content (AvgIpc) is 2.79. The summed E-state index contributed by atoms with van der Waals surface area (Å²) in [5.41, 5.74) is 4.63. The number of hydrogen-bond donors (Lipinski definition) is 0. The molecule has 30 heavy (non-hydrogen) atoms. The molecule has 0 aliphatic carbocycles. The highest BCUT2D eigenvalue weighted by molar-refractivity contribution is 5.91. The highest BCUT2D eigenvalue weighted by Crippen LogP contribution is 2.28. The van der Waals surface area contributed by atoms with Gasteiger partial charge in [0.2, 0.25) is 0 Å². The summed E-state index contributed by atoms with van der Waals surface area (Å²) in [5, 5.41) is 1.11. The molecule has 1 aliphatic rings. The first-order valence-corrected chi connectivity index (χ1v) is 10.5. The van der Waals surface area contributed by atoms with E-state index in [1.807, 2.05) is 24.4 Å². The van der Waals surface area contributed by atoms with Crippen LogP contribution in [0.4, 0.5) is 5.82 Å². The highest BCUT2D eigenvalue weighted by atomic mass is 15.3. The van der Waals surface area contributed by atoms with Gasteiger partial charge in [-0.25, -0.2) is 9.97 Å². The Kier molecular flexibility index (Phi) is 5.11. The van der Waals surface area contributed by atoms with E-state index in [0.29, 0.717) is 0 Å². The van der Waals surface area contributed by atoms with E-state index in [2.05, 4.69) is 64.2 Å². The minimum absolute atomic E-state index is 0.735. The molecule has 0 N–H and O–H groups in total. The van der Waals surface area contributed by atoms with Gasteiger partial charge in [0.1, 0.15) is 5.82 Å². The van der Waals surface area contributed by atoms with Crippen molar-refractivity contribution in [3.05, 3.63) is 84.2 Å². The van der Waals surface area contributed by atoms with Crippen LogP contribution in [0.3, 0.4) is 0 Å². The molecule has 5 heteroatoms. The Morgan fingerprint density at radius 2 is 1.73 bits per heavy atom. The monoisotopic (exact) mass is 395 g/mol. The van der Waals surface area contributed by atoms with Crippen LogP contribution in [0.2, 0.25) is 0 Å². The van der Waals surface area contributed by atoms with E-state index in [0.717, 1.165) is 60.8 Å². The molecule has 1 saturated heterocycles. The second-order valence-corrected chi connectivity index (χ2v) is 7.88. The van der Waals surface area contributed by atoms with Gasteiger partial charge < -0.3 is 4.90 Å². The third-order valence-electron chi connectivity index (χ3n) is 5.66. The molecule has 1 fully saturated rings. The number of hydrogen-bond acceptors (Lipinski definition) is 5. The van der Waals surface area contributed by atoms with Crippen LogP contribution in [-0.4, -0.2) is 46.0 Å². The van der Waals surface area contributed by atoms with Crippen molar-refractivity contribution in [2.75, 3.05) is 31.1 Å². The van der Waals surface area contributed by atoms with E-state index in [-0.39, 0.29) is 0 Å². The van der Waals surface area contributed by atoms with E-state index >= 15 is 0 Å². The van der Waals surface area contributed by atoms with Crippen LogP contribution in [-0.2, 0) is 6.54 Å². The van der Waals surface area contributed by atoms with Gasteiger partial charge in [0, 0.05) is 56.1 Å². The summed E-state index contributed by atoms with van der Waals surface area (Å²) in [6.45, 7) is 7.12. The predicted molar refractivity (Wildman–Crippen MR) is 121 cm³/mol. The van der Waals surface area contributed by atoms with E-state index in [9.17, 15) is 0 Å². The first-order valence-electron chi connectivity index (χ1n) is 10.5. The fourth-order valence-electron chi connectivity index (χ4n) is 4.11. The zero-order valence-electron chi connectivity index (χ0n) is 17.2. The minimum atomic E-state index is 0.735. The number of nitrogens with zero attached hydrogens (tertiary/aromatic N) is 5. The molecule has 150 valence electrons. The largest absolute Gasteiger partial charge is 0.353 e. The van der Waals surface area contributed by atoms with Crippen molar-refractivity contribution < 1.29 is 0 Å². The molecule has 3 heterocycles. The van der Waals surface area contributed by atoms with Crippen molar-refractivity contribution in [1.82, 2.24) is 19.9 Å². The molecule has 0 amide bonds. The van der Waals surface area contributed by atoms with Gasteiger partial charge in [-0.15, -0.1) is 0 Å². The number of para-hydroxylation sites is 1. The molecule has 5 rings (SSSR count). The molecular formula is C25H25N5. The molecule has 0 spiro atoms. The van der Waals surface area contributed by atoms with Crippen molar-refractivity contribution in [3.63, 3.8) is 0 Å². The van der Waals surface area contributed by atoms with Crippen molar-refractivity contribution in [1.29, 1.82) is 0 Å². The van der Waals surface area contributed by atoms with E-state index in [1.165, 1.54) is 11.1 Å². The second kappa shape index (κ2) is 8.20. The SMILES string of the molecule is Cc1cccc(CN2CCN(c3nc(-c4cccnc4)nc4ccccc34)CC2)c1. The van der Waals surface area contributed by atoms with Crippen molar-refractivity contribution in [2.24, 2.45) is 0 Å². The van der Waals surface area contributed by atoms with Crippen LogP contribution in [0.25, 0.3) is 22.3 Å². The van der Waals surface area contributed by atoms with Crippen LogP contribution in [0.15, 0.2) is 73.1 Å². The van der Waals surface area contributed by atoms with Crippen molar-refractivity contribution >= 4 is 16.7 Å². The molecule has 2 aromatic heterocycles. The molecular weight excluding hydrogens is 370 g/mol. The Hall–Kier alpha value is -3.31. The molecule has 5 nitrogen and oxygen atoms in total. The van der Waals surface area contributed by atoms with Crippen LogP contribution < -0.4 is 4.90 Å². The summed E-state index contributed by atoms with van der Waals surface area (Å²) in [6.07, 6.45) is 3.60. The number of benzene rings is 2. The number of anilines is 1. The third-order valence-corrected chi connectivity index (χ3v) is 5.66. The number of rotatable bonds is 4. The number of piperazine rings is 1. The van der Waals surface area contributed by atoms with Gasteiger partial charge >= 0.3 is 0 Å². The predicted octanol–water partition coefficient (Wildman–Crippen LogP) is 4.32. The lowest BCUT2D eigenvalue weighted by Crippen LogP contribution is -2.46. The number of pyridine rings is 1. The summed E-state index contributed by atoms with van der Waals surface area (Å²) in [4.78, 5) is 18.9. The zero-order valence-corrected chi connectivity index (χ0v) is 17.2. The molecule has 0 bridgehead atoms. The van der Waals surface area contributed by atoms with E-state index in [1.54, 1.807) is 6.20 Å². The third kappa shape index (κ3) is 3.89. The smallest absolute Gasteiger partial charge is 0.163 e. The Morgan fingerprint density at radius 1 is 0.867 bits per heavy atom. The summed E-state index contributed by atoms with van der Waals surface area (Å²) < 4.78 is 0. The molecule has 1 aliphatic heterocycles. The topological polar surface area (TPSA) is 45.2 Å². The normalized spacial score (nSPS) is 14.9. The maximum atomic E-state index is 4.97. The van der Waals surface area contributed by atoms with E-state index < -0.39 is 0 Å². The van der Waals surface area contributed by atoms with Crippen LogP contribution in [0, 0.1) is 6.92 Å². The van der Waals surface area contributed by atoms with Gasteiger partial charge in [0.15, 0.2) is 5.82 Å². The van der Waals surface area contributed by atoms with Crippen molar-refractivity contribution in [2.45, 2.75) is 13.5 Å². The van der Waals surface area contributed by atoms with E-state index in [4.69, 9.17) is 9.97 Å². The van der Waals surface area contributed by atoms with Crippen molar-refractivity contribution in [3.8, 4) is 11.4 Å². The van der Waals surface area contributed by atoms with Gasteiger partial charge in [0.25, 0.3) is 0 Å². The maximum absolute atomic E-state index is 4.97. The summed E-state index contributed by atoms with van der Waals surface area (Å²) >= 11 is 0. The van der Waals surface area contributed by atoms with Crippen LogP contribution in [0.1, 0.15) is 11.1 Å². The minimum Gasteiger partial charge on any atom is -0.353 e.